The van der Waals surface area contributed by atoms with Gasteiger partial charge in [-0.1, -0.05) is 61.5 Å². The van der Waals surface area contributed by atoms with E-state index >= 15 is 0 Å². The van der Waals surface area contributed by atoms with Gasteiger partial charge in [0.05, 0.1) is 13.2 Å². The third kappa shape index (κ3) is 3.34. The lowest BCUT2D eigenvalue weighted by atomic mass is 9.88. The number of nitrogens with one attached hydrogen (secondary N) is 1. The van der Waals surface area contributed by atoms with Crippen LogP contribution in [0.5, 0.6) is 0 Å². The van der Waals surface area contributed by atoms with Crippen molar-refractivity contribution >= 4 is 0 Å². The zero-order valence-electron chi connectivity index (χ0n) is 12.8. The van der Waals surface area contributed by atoms with Crippen molar-refractivity contribution in [3.63, 3.8) is 0 Å². The van der Waals surface area contributed by atoms with Crippen molar-refractivity contribution < 1.29 is 4.74 Å². The molecule has 3 rings (SSSR count). The maximum absolute atomic E-state index is 5.30. The van der Waals surface area contributed by atoms with Gasteiger partial charge < -0.3 is 10.1 Å². The fourth-order valence-electron chi connectivity index (χ4n) is 2.66. The molecule has 2 heteroatoms. The van der Waals surface area contributed by atoms with Crippen molar-refractivity contribution in [2.24, 2.45) is 5.41 Å². The minimum atomic E-state index is 0.318. The molecule has 1 aliphatic heterocycles. The molecule has 1 fully saturated rings. The van der Waals surface area contributed by atoms with E-state index in [0.29, 0.717) is 11.5 Å². The molecule has 21 heavy (non-hydrogen) atoms. The van der Waals surface area contributed by atoms with E-state index in [-0.39, 0.29) is 0 Å². The van der Waals surface area contributed by atoms with Crippen LogP contribution in [0.1, 0.15) is 25.5 Å². The lowest BCUT2D eigenvalue weighted by Crippen LogP contribution is -2.47. The molecule has 0 saturated carbocycles. The summed E-state index contributed by atoms with van der Waals surface area (Å²) >= 11 is 0. The van der Waals surface area contributed by atoms with Crippen LogP contribution in [0, 0.1) is 5.41 Å². The van der Waals surface area contributed by atoms with Crippen LogP contribution in [0.4, 0.5) is 0 Å². The molecule has 0 aliphatic carbocycles. The monoisotopic (exact) mass is 281 g/mol. The second-order valence-corrected chi connectivity index (χ2v) is 6.39. The molecule has 0 aromatic heterocycles. The minimum absolute atomic E-state index is 0.318. The Bertz CT molecular complexity index is 572. The first-order valence-electron chi connectivity index (χ1n) is 7.63. The van der Waals surface area contributed by atoms with Gasteiger partial charge in [0, 0.05) is 18.0 Å². The summed E-state index contributed by atoms with van der Waals surface area (Å²) in [5, 5.41) is 3.62. The predicted molar refractivity (Wildman–Crippen MR) is 87.2 cm³/mol. The van der Waals surface area contributed by atoms with E-state index in [1.54, 1.807) is 0 Å². The van der Waals surface area contributed by atoms with Crippen molar-refractivity contribution in [3.8, 4) is 11.1 Å². The molecule has 0 bridgehead atoms. The van der Waals surface area contributed by atoms with E-state index in [2.05, 4.69) is 73.8 Å². The first-order chi connectivity index (χ1) is 10.2. The molecule has 0 radical (unpaired) electrons. The molecule has 1 aliphatic rings. The highest BCUT2D eigenvalue weighted by molar-refractivity contribution is 5.63. The van der Waals surface area contributed by atoms with Crippen LogP contribution in [0.2, 0.25) is 0 Å². The molecule has 0 amide bonds. The van der Waals surface area contributed by atoms with Crippen molar-refractivity contribution in [1.29, 1.82) is 0 Å². The molecular weight excluding hydrogens is 258 g/mol. The normalized spacial score (nSPS) is 18.0. The van der Waals surface area contributed by atoms with E-state index < -0.39 is 0 Å². The minimum Gasteiger partial charge on any atom is -0.380 e. The Labute approximate surface area is 127 Å². The smallest absolute Gasteiger partial charge is 0.0554 e. The number of hydrogen-bond donors (Lipinski definition) is 1. The highest BCUT2D eigenvalue weighted by Gasteiger charge is 2.33. The highest BCUT2D eigenvalue weighted by atomic mass is 16.5. The molecule has 1 atom stereocenters. The van der Waals surface area contributed by atoms with Crippen molar-refractivity contribution in [1.82, 2.24) is 5.32 Å². The lowest BCUT2D eigenvalue weighted by Gasteiger charge is -2.39. The molecule has 2 nitrogen and oxygen atoms in total. The Kier molecular flexibility index (Phi) is 4.09. The summed E-state index contributed by atoms with van der Waals surface area (Å²) in [6.45, 7) is 7.25. The maximum atomic E-state index is 5.30. The van der Waals surface area contributed by atoms with Gasteiger partial charge >= 0.3 is 0 Å². The van der Waals surface area contributed by atoms with Crippen molar-refractivity contribution in [3.05, 3.63) is 60.2 Å². The summed E-state index contributed by atoms with van der Waals surface area (Å²) in [6.07, 6.45) is 0. The van der Waals surface area contributed by atoms with Gasteiger partial charge in [0.1, 0.15) is 0 Å². The van der Waals surface area contributed by atoms with Crippen LogP contribution in [-0.2, 0) is 4.74 Å². The van der Waals surface area contributed by atoms with E-state index in [4.69, 9.17) is 4.74 Å². The maximum Gasteiger partial charge on any atom is 0.0554 e. The van der Waals surface area contributed by atoms with Gasteiger partial charge in [0.2, 0.25) is 0 Å². The fraction of sp³-hybridized carbons (Fsp3) is 0.368. The number of benzene rings is 2. The third-order valence-corrected chi connectivity index (χ3v) is 4.25. The van der Waals surface area contributed by atoms with Gasteiger partial charge in [0.25, 0.3) is 0 Å². The molecular formula is C19H23NO. The average Bonchev–Trinajstić information content (AvgIpc) is 2.52. The van der Waals surface area contributed by atoms with Gasteiger partial charge in [-0.15, -0.1) is 0 Å². The van der Waals surface area contributed by atoms with Crippen LogP contribution in [0.25, 0.3) is 11.1 Å². The Morgan fingerprint density at radius 3 is 2.19 bits per heavy atom. The average molecular weight is 281 g/mol. The largest absolute Gasteiger partial charge is 0.380 e. The summed E-state index contributed by atoms with van der Waals surface area (Å²) in [6, 6.07) is 19.7. The summed E-state index contributed by atoms with van der Waals surface area (Å²) in [4.78, 5) is 0. The molecule has 0 spiro atoms. The molecule has 1 N–H and O–H groups in total. The SMILES string of the molecule is CC(NCC1(C)COC1)c1ccc(-c2ccccc2)cc1. The number of rotatable bonds is 5. The predicted octanol–water partition coefficient (Wildman–Crippen LogP) is 4.04. The van der Waals surface area contributed by atoms with Gasteiger partial charge in [-0.2, -0.15) is 0 Å². The molecule has 110 valence electrons. The Morgan fingerprint density at radius 2 is 1.62 bits per heavy atom. The fourth-order valence-corrected chi connectivity index (χ4v) is 2.66. The first-order valence-corrected chi connectivity index (χ1v) is 7.63. The highest BCUT2D eigenvalue weighted by Crippen LogP contribution is 2.27. The molecule has 2 aromatic carbocycles. The topological polar surface area (TPSA) is 21.3 Å². The third-order valence-electron chi connectivity index (χ3n) is 4.25. The molecule has 1 saturated heterocycles. The molecule has 1 heterocycles. The zero-order valence-corrected chi connectivity index (χ0v) is 12.8. The summed E-state index contributed by atoms with van der Waals surface area (Å²) in [5.41, 5.74) is 4.19. The lowest BCUT2D eigenvalue weighted by molar-refractivity contribution is -0.0999. The van der Waals surface area contributed by atoms with E-state index in [0.717, 1.165) is 19.8 Å². The van der Waals surface area contributed by atoms with E-state index in [1.807, 2.05) is 0 Å². The number of ether oxygens (including phenoxy) is 1. The van der Waals surface area contributed by atoms with E-state index in [9.17, 15) is 0 Å². The zero-order chi connectivity index (χ0) is 14.7. The van der Waals surface area contributed by atoms with Gasteiger partial charge in [-0.25, -0.2) is 0 Å². The van der Waals surface area contributed by atoms with Crippen LogP contribution < -0.4 is 5.32 Å². The van der Waals surface area contributed by atoms with Crippen LogP contribution in [-0.4, -0.2) is 19.8 Å². The van der Waals surface area contributed by atoms with Crippen LogP contribution >= 0.6 is 0 Å². The van der Waals surface area contributed by atoms with Gasteiger partial charge in [-0.05, 0) is 23.6 Å². The Morgan fingerprint density at radius 1 is 1.00 bits per heavy atom. The summed E-state index contributed by atoms with van der Waals surface area (Å²) < 4.78 is 5.30. The van der Waals surface area contributed by atoms with Crippen molar-refractivity contribution in [2.75, 3.05) is 19.8 Å². The van der Waals surface area contributed by atoms with Crippen LogP contribution in [0.15, 0.2) is 54.6 Å². The van der Waals surface area contributed by atoms with Gasteiger partial charge in [-0.3, -0.25) is 0 Å². The standard InChI is InChI=1S/C19H23NO/c1-15(20-12-19(2)13-21-14-19)16-8-10-18(11-9-16)17-6-4-3-5-7-17/h3-11,15,20H,12-14H2,1-2H3. The summed E-state index contributed by atoms with van der Waals surface area (Å²) in [5.74, 6) is 0. The second-order valence-electron chi connectivity index (χ2n) is 6.39. The van der Waals surface area contributed by atoms with Gasteiger partial charge in [0.15, 0.2) is 0 Å². The quantitative estimate of drug-likeness (QED) is 0.893. The first kappa shape index (κ1) is 14.3. The van der Waals surface area contributed by atoms with Crippen molar-refractivity contribution in [2.45, 2.75) is 19.9 Å². The van der Waals surface area contributed by atoms with Crippen LogP contribution in [0.3, 0.4) is 0 Å². The second kappa shape index (κ2) is 6.00. The Balaban J connectivity index is 1.63. The molecule has 1 unspecified atom stereocenters. The number of hydrogen-bond acceptors (Lipinski definition) is 2. The molecule has 2 aromatic rings. The summed E-state index contributed by atoms with van der Waals surface area (Å²) in [7, 11) is 0. The Hall–Kier alpha value is -1.64. The van der Waals surface area contributed by atoms with E-state index in [1.165, 1.54) is 16.7 Å².